The van der Waals surface area contributed by atoms with E-state index in [4.69, 9.17) is 0 Å². The van der Waals surface area contributed by atoms with Crippen LogP contribution in [0.25, 0.3) is 22.4 Å². The molecule has 0 saturated heterocycles. The maximum Gasteiger partial charge on any atom is 0.266 e. The van der Waals surface area contributed by atoms with E-state index in [2.05, 4.69) is 15.1 Å². The zero-order valence-electron chi connectivity index (χ0n) is 11.9. The van der Waals surface area contributed by atoms with Crippen molar-refractivity contribution < 1.29 is 8.78 Å². The Bertz CT molecular complexity index is 1130. The van der Waals surface area contributed by atoms with Crippen molar-refractivity contribution in [1.82, 2.24) is 24.1 Å². The van der Waals surface area contributed by atoms with Crippen LogP contribution in [-0.2, 0) is 0 Å². The van der Waals surface area contributed by atoms with Gasteiger partial charge in [-0.3, -0.25) is 9.36 Å². The van der Waals surface area contributed by atoms with Crippen molar-refractivity contribution in [2.24, 2.45) is 0 Å². The zero-order chi connectivity index (χ0) is 16.1. The fourth-order valence-electron chi connectivity index (χ4n) is 2.60. The first-order valence-electron chi connectivity index (χ1n) is 6.74. The van der Waals surface area contributed by atoms with Crippen LogP contribution in [0.2, 0.25) is 0 Å². The Morgan fingerprint density at radius 3 is 2.83 bits per heavy atom. The highest BCUT2D eigenvalue weighted by Gasteiger charge is 2.16. The van der Waals surface area contributed by atoms with E-state index in [0.29, 0.717) is 17.0 Å². The third-order valence-corrected chi connectivity index (χ3v) is 3.65. The van der Waals surface area contributed by atoms with Crippen molar-refractivity contribution in [3.8, 4) is 5.69 Å². The minimum absolute atomic E-state index is 0.157. The SMILES string of the molecule is Cc1nc2ncnn2c2ccn(-c3cccc(F)c3F)c(=O)c12. The molecule has 0 radical (unpaired) electrons. The molecule has 0 aliphatic rings. The minimum atomic E-state index is -1.08. The standard InChI is InChI=1S/C15H9F2N5O/c1-8-12-10(22-15(20-8)18-7-19-22)5-6-21(14(12)23)11-4-2-3-9(16)13(11)17/h2-7H,1H3. The highest BCUT2D eigenvalue weighted by atomic mass is 19.2. The molecular formula is C15H9F2N5O. The highest BCUT2D eigenvalue weighted by Crippen LogP contribution is 2.18. The molecule has 0 unspecified atom stereocenters. The van der Waals surface area contributed by atoms with Crippen LogP contribution in [0.5, 0.6) is 0 Å². The van der Waals surface area contributed by atoms with E-state index in [1.54, 1.807) is 13.0 Å². The topological polar surface area (TPSA) is 65.1 Å². The summed E-state index contributed by atoms with van der Waals surface area (Å²) in [5.74, 6) is -1.73. The van der Waals surface area contributed by atoms with E-state index >= 15 is 0 Å². The second-order valence-electron chi connectivity index (χ2n) is 4.99. The van der Waals surface area contributed by atoms with Crippen molar-refractivity contribution in [2.75, 3.05) is 0 Å². The van der Waals surface area contributed by atoms with Crippen molar-refractivity contribution in [2.45, 2.75) is 6.92 Å². The van der Waals surface area contributed by atoms with Gasteiger partial charge in [-0.15, -0.1) is 0 Å². The van der Waals surface area contributed by atoms with Gasteiger partial charge in [-0.2, -0.15) is 14.6 Å². The molecule has 114 valence electrons. The Labute approximate surface area is 127 Å². The molecule has 0 spiro atoms. The van der Waals surface area contributed by atoms with E-state index in [1.807, 2.05) is 0 Å². The summed E-state index contributed by atoms with van der Waals surface area (Å²) in [7, 11) is 0. The number of nitrogens with zero attached hydrogens (tertiary/aromatic N) is 5. The third kappa shape index (κ3) is 1.84. The predicted molar refractivity (Wildman–Crippen MR) is 78.5 cm³/mol. The molecule has 0 atom stereocenters. The lowest BCUT2D eigenvalue weighted by atomic mass is 10.2. The van der Waals surface area contributed by atoms with Gasteiger partial charge in [0.05, 0.1) is 22.3 Å². The van der Waals surface area contributed by atoms with Gasteiger partial charge in [0.1, 0.15) is 6.33 Å². The second-order valence-corrected chi connectivity index (χ2v) is 4.99. The van der Waals surface area contributed by atoms with Gasteiger partial charge in [-0.25, -0.2) is 13.8 Å². The third-order valence-electron chi connectivity index (χ3n) is 3.65. The number of pyridine rings is 1. The van der Waals surface area contributed by atoms with Crippen molar-refractivity contribution >= 4 is 16.7 Å². The van der Waals surface area contributed by atoms with Gasteiger partial charge in [0, 0.05) is 6.20 Å². The summed E-state index contributed by atoms with van der Waals surface area (Å²) >= 11 is 0. The summed E-state index contributed by atoms with van der Waals surface area (Å²) in [5, 5.41) is 4.30. The molecule has 0 saturated carbocycles. The van der Waals surface area contributed by atoms with Gasteiger partial charge in [0.15, 0.2) is 11.6 Å². The molecule has 23 heavy (non-hydrogen) atoms. The monoisotopic (exact) mass is 313 g/mol. The molecule has 3 aromatic heterocycles. The Kier molecular flexibility index (Phi) is 2.74. The van der Waals surface area contributed by atoms with E-state index in [9.17, 15) is 13.6 Å². The van der Waals surface area contributed by atoms with Gasteiger partial charge in [0.2, 0.25) is 0 Å². The number of hydrogen-bond donors (Lipinski definition) is 0. The Morgan fingerprint density at radius 2 is 2.00 bits per heavy atom. The van der Waals surface area contributed by atoms with Crippen LogP contribution in [-0.4, -0.2) is 24.1 Å². The van der Waals surface area contributed by atoms with Crippen LogP contribution in [0.3, 0.4) is 0 Å². The molecule has 3 heterocycles. The fourth-order valence-corrected chi connectivity index (χ4v) is 2.60. The molecule has 1 aromatic carbocycles. The maximum atomic E-state index is 14.0. The summed E-state index contributed by atoms with van der Waals surface area (Å²) in [6.45, 7) is 1.66. The van der Waals surface area contributed by atoms with Crippen molar-refractivity contribution in [3.63, 3.8) is 0 Å². The number of hydrogen-bond acceptors (Lipinski definition) is 4. The zero-order valence-corrected chi connectivity index (χ0v) is 11.9. The number of fused-ring (bicyclic) bond motifs is 3. The van der Waals surface area contributed by atoms with Crippen LogP contribution >= 0.6 is 0 Å². The number of rotatable bonds is 1. The van der Waals surface area contributed by atoms with Crippen LogP contribution in [0.4, 0.5) is 8.78 Å². The lowest BCUT2D eigenvalue weighted by Crippen LogP contribution is -2.21. The number of benzene rings is 1. The largest absolute Gasteiger partial charge is 0.281 e. The van der Waals surface area contributed by atoms with Gasteiger partial charge in [-0.05, 0) is 25.1 Å². The molecule has 8 heteroatoms. The number of aryl methyl sites for hydroxylation is 1. The van der Waals surface area contributed by atoms with Gasteiger partial charge >= 0.3 is 0 Å². The number of halogens is 2. The Hall–Kier alpha value is -3.16. The molecule has 0 bridgehead atoms. The summed E-state index contributed by atoms with van der Waals surface area (Å²) in [6.07, 6.45) is 2.71. The Balaban J connectivity index is 2.13. The maximum absolute atomic E-state index is 14.0. The molecule has 4 rings (SSSR count). The first-order chi connectivity index (χ1) is 11.1. The molecule has 0 aliphatic heterocycles. The van der Waals surface area contributed by atoms with E-state index in [0.717, 1.165) is 10.6 Å². The van der Waals surface area contributed by atoms with Crippen molar-refractivity contribution in [1.29, 1.82) is 0 Å². The highest BCUT2D eigenvalue weighted by molar-refractivity contribution is 5.82. The summed E-state index contributed by atoms with van der Waals surface area (Å²) in [5.41, 5.74) is 0.282. The average molecular weight is 313 g/mol. The first-order valence-corrected chi connectivity index (χ1v) is 6.74. The molecule has 0 aliphatic carbocycles. The average Bonchev–Trinajstić information content (AvgIpc) is 2.99. The van der Waals surface area contributed by atoms with E-state index in [1.165, 1.54) is 29.2 Å². The molecule has 0 fully saturated rings. The summed E-state index contributed by atoms with van der Waals surface area (Å²) in [6, 6.07) is 5.27. The van der Waals surface area contributed by atoms with Crippen LogP contribution in [0.15, 0.2) is 41.6 Å². The summed E-state index contributed by atoms with van der Waals surface area (Å²) in [4.78, 5) is 20.9. The molecule has 4 aromatic rings. The van der Waals surface area contributed by atoms with E-state index in [-0.39, 0.29) is 11.1 Å². The molecule has 0 N–H and O–H groups in total. The van der Waals surface area contributed by atoms with Crippen LogP contribution < -0.4 is 5.56 Å². The Morgan fingerprint density at radius 1 is 1.17 bits per heavy atom. The quantitative estimate of drug-likeness (QED) is 0.539. The van der Waals surface area contributed by atoms with Crippen LogP contribution in [0.1, 0.15) is 5.69 Å². The van der Waals surface area contributed by atoms with Gasteiger partial charge in [-0.1, -0.05) is 6.07 Å². The summed E-state index contributed by atoms with van der Waals surface area (Å²) < 4.78 is 29.9. The molecule has 0 amide bonds. The second kappa shape index (κ2) is 4.67. The van der Waals surface area contributed by atoms with Crippen molar-refractivity contribution in [3.05, 3.63) is 64.5 Å². The van der Waals surface area contributed by atoms with Gasteiger partial charge in [0.25, 0.3) is 11.3 Å². The minimum Gasteiger partial charge on any atom is -0.281 e. The lowest BCUT2D eigenvalue weighted by molar-refractivity contribution is 0.503. The van der Waals surface area contributed by atoms with E-state index < -0.39 is 17.2 Å². The fraction of sp³-hybridized carbons (Fsp3) is 0.0667. The van der Waals surface area contributed by atoms with Crippen LogP contribution in [0, 0.1) is 18.6 Å². The predicted octanol–water partition coefficient (Wildman–Crippen LogP) is 2.02. The lowest BCUT2D eigenvalue weighted by Gasteiger charge is -2.10. The normalized spacial score (nSPS) is 11.4. The van der Waals surface area contributed by atoms with Gasteiger partial charge < -0.3 is 0 Å². The molecule has 6 nitrogen and oxygen atoms in total. The first kappa shape index (κ1) is 13.5. The smallest absolute Gasteiger partial charge is 0.266 e. The number of aromatic nitrogens is 5. The molecular weight excluding hydrogens is 304 g/mol.